The largest absolute Gasteiger partial charge is 0.496 e. The highest BCUT2D eigenvalue weighted by Crippen LogP contribution is 2.27. The maximum atomic E-state index is 13.2. The van der Waals surface area contributed by atoms with Gasteiger partial charge in [0.25, 0.3) is 5.91 Å². The molecular formula is C19H30N2O5S. The highest BCUT2D eigenvalue weighted by atomic mass is 32.2. The Labute approximate surface area is 161 Å². The third-order valence-corrected chi connectivity index (χ3v) is 5.74. The van der Waals surface area contributed by atoms with E-state index in [1.165, 1.54) is 25.3 Å². The maximum Gasteiger partial charge on any atom is 0.257 e. The van der Waals surface area contributed by atoms with Crippen molar-refractivity contribution in [1.29, 1.82) is 0 Å². The number of carbonyl (C=O) groups excluding carboxylic acids is 1. The first-order valence-electron chi connectivity index (χ1n) is 9.33. The van der Waals surface area contributed by atoms with Crippen LogP contribution in [0.15, 0.2) is 23.1 Å². The average molecular weight is 399 g/mol. The summed E-state index contributed by atoms with van der Waals surface area (Å²) in [5, 5.41) is 5.22. The molecule has 1 saturated heterocycles. The van der Waals surface area contributed by atoms with E-state index >= 15 is 0 Å². The lowest BCUT2D eigenvalue weighted by atomic mass is 10.0. The molecule has 1 heterocycles. The molecule has 1 aromatic carbocycles. The van der Waals surface area contributed by atoms with Crippen LogP contribution in [-0.4, -0.2) is 51.6 Å². The Morgan fingerprint density at radius 1 is 1.37 bits per heavy atom. The molecule has 8 heteroatoms. The number of hydrogen-bond donors (Lipinski definition) is 1. The number of nitrogens with two attached hydrogens (primary N) is 1. The highest BCUT2D eigenvalue weighted by molar-refractivity contribution is 7.89. The number of nitrogens with zero attached hydrogens (tertiary/aromatic N) is 1. The summed E-state index contributed by atoms with van der Waals surface area (Å²) in [5.41, 5.74) is 0.197. The summed E-state index contributed by atoms with van der Waals surface area (Å²) in [4.78, 5) is 14.8. The predicted molar refractivity (Wildman–Crippen MR) is 103 cm³/mol. The predicted octanol–water partition coefficient (Wildman–Crippen LogP) is 2.40. The highest BCUT2D eigenvalue weighted by Gasteiger charge is 2.33. The van der Waals surface area contributed by atoms with E-state index in [9.17, 15) is 13.2 Å². The summed E-state index contributed by atoms with van der Waals surface area (Å²) in [6, 6.07) is 4.09. The van der Waals surface area contributed by atoms with Crippen molar-refractivity contribution in [3.8, 4) is 5.75 Å². The number of hydrogen-bond acceptors (Lipinski definition) is 5. The topological polar surface area (TPSA) is 98.9 Å². The Hall–Kier alpha value is -1.64. The van der Waals surface area contributed by atoms with Crippen LogP contribution in [0.1, 0.15) is 50.4 Å². The van der Waals surface area contributed by atoms with E-state index in [1.54, 1.807) is 4.90 Å². The third kappa shape index (κ3) is 5.43. The minimum atomic E-state index is -3.91. The van der Waals surface area contributed by atoms with E-state index in [-0.39, 0.29) is 34.5 Å². The molecule has 0 unspecified atom stereocenters. The third-order valence-electron chi connectivity index (χ3n) is 4.83. The van der Waals surface area contributed by atoms with Crippen LogP contribution in [0, 0.1) is 5.92 Å². The van der Waals surface area contributed by atoms with E-state index in [2.05, 4.69) is 20.8 Å². The number of benzene rings is 1. The van der Waals surface area contributed by atoms with E-state index in [1.807, 2.05) is 0 Å². The lowest BCUT2D eigenvalue weighted by molar-refractivity contribution is -0.0963. The number of ether oxygens (including phenoxy) is 2. The van der Waals surface area contributed by atoms with Gasteiger partial charge in [-0.25, -0.2) is 13.6 Å². The molecule has 1 aliphatic heterocycles. The fourth-order valence-electron chi connectivity index (χ4n) is 3.20. The van der Waals surface area contributed by atoms with E-state index in [0.717, 1.165) is 19.3 Å². The van der Waals surface area contributed by atoms with Gasteiger partial charge in [-0.1, -0.05) is 33.6 Å². The molecule has 0 radical (unpaired) electrons. The van der Waals surface area contributed by atoms with Crippen LogP contribution in [0.5, 0.6) is 5.75 Å². The van der Waals surface area contributed by atoms with Crippen molar-refractivity contribution < 1.29 is 22.7 Å². The van der Waals surface area contributed by atoms with Crippen molar-refractivity contribution in [2.75, 3.05) is 20.2 Å². The monoisotopic (exact) mass is 398 g/mol. The standard InChI is InChI=1S/C19H30N2O5S/c1-5-6-7-14-11-21(12-18(26-14)13(2)3)19(22)16-10-15(27(20,23)24)8-9-17(16)25-4/h8-10,13-14,18H,5-7,11-12H2,1-4H3,(H2,20,23,24)/t14-,18-/m1/s1. The molecule has 2 N–H and O–H groups in total. The van der Waals surface area contributed by atoms with Crippen LogP contribution in [-0.2, 0) is 14.8 Å². The smallest absolute Gasteiger partial charge is 0.257 e. The lowest BCUT2D eigenvalue weighted by Gasteiger charge is -2.40. The fraction of sp³-hybridized carbons (Fsp3) is 0.632. The van der Waals surface area contributed by atoms with Gasteiger partial charge in [-0.15, -0.1) is 0 Å². The minimum Gasteiger partial charge on any atom is -0.496 e. The Balaban J connectivity index is 2.33. The van der Waals surface area contributed by atoms with Crippen LogP contribution >= 0.6 is 0 Å². The first-order chi connectivity index (χ1) is 12.7. The Morgan fingerprint density at radius 3 is 2.63 bits per heavy atom. The zero-order valence-electron chi connectivity index (χ0n) is 16.5. The first-order valence-corrected chi connectivity index (χ1v) is 10.9. The first kappa shape index (κ1) is 21.7. The normalized spacial score (nSPS) is 20.7. The van der Waals surface area contributed by atoms with Gasteiger partial charge >= 0.3 is 0 Å². The van der Waals surface area contributed by atoms with E-state index < -0.39 is 10.0 Å². The second kappa shape index (κ2) is 9.03. The average Bonchev–Trinajstić information content (AvgIpc) is 2.64. The van der Waals surface area contributed by atoms with Gasteiger partial charge in [0.1, 0.15) is 5.75 Å². The van der Waals surface area contributed by atoms with Crippen LogP contribution in [0.4, 0.5) is 0 Å². The number of methoxy groups -OCH3 is 1. The van der Waals surface area contributed by atoms with Gasteiger partial charge in [0, 0.05) is 13.1 Å². The molecule has 1 amide bonds. The van der Waals surface area contributed by atoms with Crippen LogP contribution in [0.3, 0.4) is 0 Å². The summed E-state index contributed by atoms with van der Waals surface area (Å²) in [6.07, 6.45) is 2.89. The fourth-order valence-corrected chi connectivity index (χ4v) is 3.74. The van der Waals surface area contributed by atoms with Crippen molar-refractivity contribution in [2.45, 2.75) is 57.1 Å². The molecule has 0 aromatic heterocycles. The molecule has 0 saturated carbocycles. The molecule has 27 heavy (non-hydrogen) atoms. The summed E-state index contributed by atoms with van der Waals surface area (Å²) in [5.74, 6) is 0.320. The van der Waals surface area contributed by atoms with Gasteiger partial charge in [-0.2, -0.15) is 0 Å². The summed E-state index contributed by atoms with van der Waals surface area (Å²) in [7, 11) is -2.47. The Bertz CT molecular complexity index is 763. The van der Waals surface area contributed by atoms with Gasteiger partial charge in [0.05, 0.1) is 29.8 Å². The summed E-state index contributed by atoms with van der Waals surface area (Å²) >= 11 is 0. The minimum absolute atomic E-state index is 0.0255. The van der Waals surface area contributed by atoms with Crippen LogP contribution < -0.4 is 9.88 Å². The molecule has 0 spiro atoms. The number of sulfonamides is 1. The molecule has 0 aliphatic carbocycles. The number of primary sulfonamides is 1. The van der Waals surface area contributed by atoms with Crippen molar-refractivity contribution in [2.24, 2.45) is 11.1 Å². The number of rotatable bonds is 7. The number of amides is 1. The molecule has 0 bridgehead atoms. The van der Waals surface area contributed by atoms with Gasteiger partial charge in [0.15, 0.2) is 0 Å². The van der Waals surface area contributed by atoms with Crippen LogP contribution in [0.2, 0.25) is 0 Å². The van der Waals surface area contributed by atoms with Crippen molar-refractivity contribution in [1.82, 2.24) is 4.90 Å². The molecule has 1 fully saturated rings. The van der Waals surface area contributed by atoms with Gasteiger partial charge in [0.2, 0.25) is 10.0 Å². The number of carbonyl (C=O) groups is 1. The summed E-state index contributed by atoms with van der Waals surface area (Å²) in [6.45, 7) is 7.19. The molecule has 152 valence electrons. The lowest BCUT2D eigenvalue weighted by Crippen LogP contribution is -2.51. The Kier molecular flexibility index (Phi) is 7.25. The van der Waals surface area contributed by atoms with Crippen molar-refractivity contribution in [3.05, 3.63) is 23.8 Å². The van der Waals surface area contributed by atoms with Crippen molar-refractivity contribution >= 4 is 15.9 Å². The SMILES string of the molecule is CCCC[C@@H]1CN(C(=O)c2cc(S(N)(=O)=O)ccc2OC)C[C@H](C(C)C)O1. The molecule has 7 nitrogen and oxygen atoms in total. The second-order valence-electron chi connectivity index (χ2n) is 7.30. The van der Waals surface area contributed by atoms with Crippen LogP contribution in [0.25, 0.3) is 0 Å². The molecular weight excluding hydrogens is 368 g/mol. The van der Waals surface area contributed by atoms with Gasteiger partial charge in [-0.05, 0) is 30.5 Å². The Morgan fingerprint density at radius 2 is 2.07 bits per heavy atom. The molecule has 1 aromatic rings. The van der Waals surface area contributed by atoms with Gasteiger partial charge in [-0.3, -0.25) is 4.79 Å². The van der Waals surface area contributed by atoms with Crippen molar-refractivity contribution in [3.63, 3.8) is 0 Å². The molecule has 1 aliphatic rings. The quantitative estimate of drug-likeness (QED) is 0.760. The zero-order chi connectivity index (χ0) is 20.2. The molecule has 2 atom stereocenters. The zero-order valence-corrected chi connectivity index (χ0v) is 17.3. The summed E-state index contributed by atoms with van der Waals surface area (Å²) < 4.78 is 34.8. The second-order valence-corrected chi connectivity index (χ2v) is 8.86. The van der Waals surface area contributed by atoms with Gasteiger partial charge < -0.3 is 14.4 Å². The maximum absolute atomic E-state index is 13.2. The number of unbranched alkanes of at least 4 members (excludes halogenated alkanes) is 1. The van der Waals surface area contributed by atoms with E-state index in [4.69, 9.17) is 14.6 Å². The number of morpholine rings is 1. The van der Waals surface area contributed by atoms with E-state index in [0.29, 0.717) is 18.8 Å². The molecule has 2 rings (SSSR count).